The summed E-state index contributed by atoms with van der Waals surface area (Å²) < 4.78 is 0. The molecule has 1 amide bonds. The van der Waals surface area contributed by atoms with E-state index in [1.54, 1.807) is 6.07 Å². The van der Waals surface area contributed by atoms with Gasteiger partial charge in [0.25, 0.3) is 5.91 Å². The van der Waals surface area contributed by atoms with E-state index in [1.165, 1.54) is 0 Å². The number of halogens is 1. The molecule has 1 atom stereocenters. The molecule has 17 heavy (non-hydrogen) atoms. The lowest BCUT2D eigenvalue weighted by atomic mass is 10.1. The van der Waals surface area contributed by atoms with Gasteiger partial charge < -0.3 is 5.32 Å². The molecule has 0 bridgehead atoms. The van der Waals surface area contributed by atoms with E-state index in [2.05, 4.69) is 33.2 Å². The van der Waals surface area contributed by atoms with Gasteiger partial charge >= 0.3 is 0 Å². The first-order valence-corrected chi connectivity index (χ1v) is 7.03. The summed E-state index contributed by atoms with van der Waals surface area (Å²) in [5.41, 5.74) is 1.36. The van der Waals surface area contributed by atoms with Crippen LogP contribution < -0.4 is 5.32 Å². The molecule has 3 nitrogen and oxygen atoms in total. The number of carbonyl (C=O) groups is 1. The Morgan fingerprint density at radius 3 is 2.94 bits per heavy atom. The summed E-state index contributed by atoms with van der Waals surface area (Å²) >= 11 is 3.44. The highest BCUT2D eigenvalue weighted by molar-refractivity contribution is 9.09. The van der Waals surface area contributed by atoms with E-state index in [9.17, 15) is 4.79 Å². The number of hydrogen-bond acceptors (Lipinski definition) is 2. The van der Waals surface area contributed by atoms with Crippen LogP contribution >= 0.6 is 15.9 Å². The molecule has 0 aliphatic rings. The Bertz CT molecular complexity index is 368. The van der Waals surface area contributed by atoms with Crippen molar-refractivity contribution in [3.05, 3.63) is 29.6 Å². The minimum absolute atomic E-state index is 0.0832. The molecule has 1 aromatic rings. The van der Waals surface area contributed by atoms with Gasteiger partial charge in [-0.05, 0) is 37.8 Å². The number of alkyl halides is 1. The number of carbonyl (C=O) groups excluding carboxylic acids is 1. The molecule has 0 aromatic carbocycles. The molecule has 4 heteroatoms. The summed E-state index contributed by atoms with van der Waals surface area (Å²) in [5, 5.41) is 3.90. The van der Waals surface area contributed by atoms with Gasteiger partial charge in [-0.2, -0.15) is 0 Å². The average molecular weight is 299 g/mol. The van der Waals surface area contributed by atoms with Gasteiger partial charge in [0.2, 0.25) is 0 Å². The number of aryl methyl sites for hydroxylation is 1. The van der Waals surface area contributed by atoms with Gasteiger partial charge in [-0.15, -0.1) is 0 Å². The number of hydrogen-bond donors (Lipinski definition) is 1. The highest BCUT2D eigenvalue weighted by Crippen LogP contribution is 2.07. The monoisotopic (exact) mass is 298 g/mol. The van der Waals surface area contributed by atoms with Crippen LogP contribution in [-0.4, -0.2) is 22.8 Å². The van der Waals surface area contributed by atoms with Crippen LogP contribution in [0.3, 0.4) is 0 Å². The third kappa shape index (κ3) is 5.31. The number of rotatable bonds is 6. The van der Waals surface area contributed by atoms with Crippen LogP contribution in [0.4, 0.5) is 0 Å². The topological polar surface area (TPSA) is 42.0 Å². The summed E-state index contributed by atoms with van der Waals surface area (Å²) in [5.74, 6) is 0.573. The van der Waals surface area contributed by atoms with E-state index in [0.29, 0.717) is 18.2 Å². The fraction of sp³-hybridized carbons (Fsp3) is 0.538. The van der Waals surface area contributed by atoms with Gasteiger partial charge in [-0.25, -0.2) is 4.98 Å². The zero-order valence-corrected chi connectivity index (χ0v) is 12.0. The van der Waals surface area contributed by atoms with Crippen molar-refractivity contribution in [3.8, 4) is 0 Å². The minimum Gasteiger partial charge on any atom is -0.351 e. The molecule has 1 unspecified atom stereocenters. The first kappa shape index (κ1) is 14.2. The van der Waals surface area contributed by atoms with Crippen LogP contribution in [0.15, 0.2) is 18.2 Å². The van der Waals surface area contributed by atoms with Gasteiger partial charge in [0, 0.05) is 17.6 Å². The van der Waals surface area contributed by atoms with Crippen LogP contribution in [0.1, 0.15) is 35.9 Å². The highest BCUT2D eigenvalue weighted by atomic mass is 79.9. The molecule has 0 spiro atoms. The Balaban J connectivity index is 2.30. The first-order chi connectivity index (χ1) is 8.13. The maximum absolute atomic E-state index is 11.7. The van der Waals surface area contributed by atoms with Crippen LogP contribution in [-0.2, 0) is 0 Å². The Morgan fingerprint density at radius 2 is 2.29 bits per heavy atom. The minimum atomic E-state index is -0.0832. The van der Waals surface area contributed by atoms with E-state index in [0.717, 1.165) is 23.9 Å². The van der Waals surface area contributed by atoms with E-state index in [1.807, 2.05) is 19.1 Å². The van der Waals surface area contributed by atoms with Gasteiger partial charge in [-0.1, -0.05) is 28.9 Å². The molecule has 0 saturated carbocycles. The molecule has 94 valence electrons. The van der Waals surface area contributed by atoms with Crippen LogP contribution in [0.5, 0.6) is 0 Å². The first-order valence-electron chi connectivity index (χ1n) is 5.91. The van der Waals surface area contributed by atoms with Gasteiger partial charge in [-0.3, -0.25) is 4.79 Å². The molecule has 1 aromatic heterocycles. The summed E-state index contributed by atoms with van der Waals surface area (Å²) in [6.07, 6.45) is 2.12. The Kier molecular flexibility index (Phi) is 6.19. The number of nitrogens with zero attached hydrogens (tertiary/aromatic N) is 1. The second-order valence-electron chi connectivity index (χ2n) is 4.32. The van der Waals surface area contributed by atoms with Crippen molar-refractivity contribution in [2.45, 2.75) is 26.7 Å². The van der Waals surface area contributed by atoms with Crippen molar-refractivity contribution >= 4 is 21.8 Å². The second kappa shape index (κ2) is 7.43. The predicted molar refractivity (Wildman–Crippen MR) is 73.5 cm³/mol. The summed E-state index contributed by atoms with van der Waals surface area (Å²) in [6.45, 7) is 4.79. The molecule has 0 aliphatic heterocycles. The van der Waals surface area contributed by atoms with Gasteiger partial charge in [0.15, 0.2) is 0 Å². The number of aromatic nitrogens is 1. The number of pyridine rings is 1. The third-order valence-corrected chi connectivity index (χ3v) is 3.65. The Morgan fingerprint density at radius 1 is 1.53 bits per heavy atom. The Labute approximate surface area is 111 Å². The van der Waals surface area contributed by atoms with Gasteiger partial charge in [0.1, 0.15) is 5.69 Å². The smallest absolute Gasteiger partial charge is 0.269 e. The molecule has 0 saturated heterocycles. The molecule has 1 heterocycles. The van der Waals surface area contributed by atoms with E-state index in [4.69, 9.17) is 0 Å². The summed E-state index contributed by atoms with van der Waals surface area (Å²) in [7, 11) is 0. The second-order valence-corrected chi connectivity index (χ2v) is 4.97. The van der Waals surface area contributed by atoms with Crippen molar-refractivity contribution in [1.29, 1.82) is 0 Å². The Hall–Kier alpha value is -0.900. The fourth-order valence-electron chi connectivity index (χ4n) is 1.49. The number of amides is 1. The standard InChI is InChI=1S/C13H19BrN2O/c1-10(9-14)5-4-8-15-13(17)12-7-3-6-11(2)16-12/h3,6-7,10H,4-5,8-9H2,1-2H3,(H,15,17). The van der Waals surface area contributed by atoms with E-state index in [-0.39, 0.29) is 5.91 Å². The largest absolute Gasteiger partial charge is 0.351 e. The van der Waals surface area contributed by atoms with Crippen LogP contribution in [0.2, 0.25) is 0 Å². The molecule has 0 radical (unpaired) electrons. The molecule has 0 fully saturated rings. The predicted octanol–water partition coefficient (Wildman–Crippen LogP) is 2.93. The summed E-state index contributed by atoms with van der Waals surface area (Å²) in [4.78, 5) is 15.9. The molecular weight excluding hydrogens is 280 g/mol. The quantitative estimate of drug-likeness (QED) is 0.648. The van der Waals surface area contributed by atoms with E-state index < -0.39 is 0 Å². The zero-order chi connectivity index (χ0) is 12.7. The third-order valence-electron chi connectivity index (χ3n) is 2.54. The lowest BCUT2D eigenvalue weighted by Crippen LogP contribution is -2.25. The maximum Gasteiger partial charge on any atom is 0.269 e. The number of nitrogens with one attached hydrogen (secondary N) is 1. The van der Waals surface area contributed by atoms with Crippen LogP contribution in [0, 0.1) is 12.8 Å². The fourth-order valence-corrected chi connectivity index (χ4v) is 1.81. The van der Waals surface area contributed by atoms with Gasteiger partial charge in [0.05, 0.1) is 0 Å². The van der Waals surface area contributed by atoms with E-state index >= 15 is 0 Å². The summed E-state index contributed by atoms with van der Waals surface area (Å²) in [6, 6.07) is 5.47. The molecule has 1 N–H and O–H groups in total. The van der Waals surface area contributed by atoms with Crippen molar-refractivity contribution in [2.75, 3.05) is 11.9 Å². The van der Waals surface area contributed by atoms with Crippen molar-refractivity contribution in [3.63, 3.8) is 0 Å². The molecular formula is C13H19BrN2O. The van der Waals surface area contributed by atoms with Crippen molar-refractivity contribution in [1.82, 2.24) is 10.3 Å². The molecule has 1 rings (SSSR count). The maximum atomic E-state index is 11.7. The molecule has 0 aliphatic carbocycles. The normalized spacial score (nSPS) is 12.2. The zero-order valence-electron chi connectivity index (χ0n) is 10.4. The van der Waals surface area contributed by atoms with Crippen molar-refractivity contribution < 1.29 is 4.79 Å². The van der Waals surface area contributed by atoms with Crippen molar-refractivity contribution in [2.24, 2.45) is 5.92 Å². The lowest BCUT2D eigenvalue weighted by molar-refractivity contribution is 0.0947. The average Bonchev–Trinajstić information content (AvgIpc) is 2.34. The highest BCUT2D eigenvalue weighted by Gasteiger charge is 2.06. The lowest BCUT2D eigenvalue weighted by Gasteiger charge is -2.08. The SMILES string of the molecule is Cc1cccc(C(=O)NCCCC(C)CBr)n1. The van der Waals surface area contributed by atoms with Crippen LogP contribution in [0.25, 0.3) is 0 Å².